The van der Waals surface area contributed by atoms with Crippen LogP contribution in [0.25, 0.3) is 0 Å². The summed E-state index contributed by atoms with van der Waals surface area (Å²) >= 11 is 2.08. The largest absolute Gasteiger partial charge is 0.343 e. The average molecular weight is 975 g/mol. The molecule has 1 rings (SSSR count). The third kappa shape index (κ3) is 18.5. The summed E-state index contributed by atoms with van der Waals surface area (Å²) in [5.74, 6) is 2.86. The second-order valence-electron chi connectivity index (χ2n) is 31.2. The van der Waals surface area contributed by atoms with Crippen molar-refractivity contribution < 1.29 is 0 Å². The summed E-state index contributed by atoms with van der Waals surface area (Å²) in [7, 11) is 0. The molecule has 0 radical (unpaired) electrons. The van der Waals surface area contributed by atoms with Gasteiger partial charge in [0.05, 0.1) is 0 Å². The molecule has 69 heavy (non-hydrogen) atoms. The van der Waals surface area contributed by atoms with Crippen LogP contribution in [0.1, 0.15) is 263 Å². The Morgan fingerprint density at radius 2 is 1.13 bits per heavy atom. The van der Waals surface area contributed by atoms with Crippen molar-refractivity contribution in [3.05, 3.63) is 73.2 Å². The normalized spacial score (nSPS) is 18.3. The van der Waals surface area contributed by atoms with Gasteiger partial charge < -0.3 is 4.90 Å². The van der Waals surface area contributed by atoms with E-state index in [1.54, 1.807) is 0 Å². The zero-order chi connectivity index (χ0) is 54.5. The average Bonchev–Trinajstić information content (AvgIpc) is 3.46. The number of hydrogen-bond donors (Lipinski definition) is 0. The number of allylic oxidation sites excluding steroid dienone is 5. The summed E-state index contributed by atoms with van der Waals surface area (Å²) in [5, 5.41) is 0.353. The molecule has 0 amide bonds. The maximum absolute atomic E-state index is 5.01. The molecular weight excluding hydrogens is 851 g/mol. The van der Waals surface area contributed by atoms with Gasteiger partial charge in [0.25, 0.3) is 0 Å². The van der Waals surface area contributed by atoms with E-state index in [1.165, 1.54) is 65.8 Å². The van der Waals surface area contributed by atoms with Crippen molar-refractivity contribution in [3.63, 3.8) is 0 Å². The quantitative estimate of drug-likeness (QED) is 0.0660. The van der Waals surface area contributed by atoms with Gasteiger partial charge in [-0.2, -0.15) is 11.8 Å². The van der Waals surface area contributed by atoms with Gasteiger partial charge >= 0.3 is 0 Å². The monoisotopic (exact) mass is 974 g/mol. The van der Waals surface area contributed by atoms with Crippen LogP contribution in [-0.4, -0.2) is 21.4 Å². The van der Waals surface area contributed by atoms with Gasteiger partial charge in [-0.3, -0.25) is 0 Å². The molecule has 1 heterocycles. The van der Waals surface area contributed by atoms with Gasteiger partial charge in [-0.05, 0) is 163 Å². The predicted octanol–water partition coefficient (Wildman–Crippen LogP) is 22.3. The molecule has 0 saturated carbocycles. The van der Waals surface area contributed by atoms with E-state index in [0.29, 0.717) is 28.9 Å². The van der Waals surface area contributed by atoms with Crippen LogP contribution in [0.2, 0.25) is 0 Å². The standard InChI is InChI=1S/C67H123NS/c1-33-37-60(17,18)41-49(5)56(53(9)62(21,22)43-55(34-2)48(4)35-38-61(19,20)45-65(27,28)59(14,15)16)44-63(23,24)52(8)47(3)36-39-67(31,32)68-51(7)40-57(54(68)10)69-46-66(29,30)64(25,26)42-50(6)58(11,12)13/h52-53,55-57H,3-7,10,33-46H2,1-2,8-9,11-32H3. The maximum Gasteiger partial charge on any atom is 0.0498 e. The van der Waals surface area contributed by atoms with Crippen LogP contribution in [0, 0.1) is 72.4 Å². The Hall–Kier alpha value is -1.41. The number of nitrogens with zero attached hydrogens (tertiary/aromatic N) is 1. The summed E-state index contributed by atoms with van der Waals surface area (Å²) < 4.78 is 0. The first-order valence-corrected chi connectivity index (χ1v) is 29.2. The number of thioether (sulfide) groups is 1. The van der Waals surface area contributed by atoms with E-state index in [1.807, 2.05) is 0 Å². The first kappa shape index (κ1) is 65.6. The Labute approximate surface area is 440 Å². The molecule has 5 unspecified atom stereocenters. The molecule has 0 N–H and O–H groups in total. The lowest BCUT2D eigenvalue weighted by atomic mass is 9.59. The lowest BCUT2D eigenvalue weighted by Gasteiger charge is -2.46. The highest BCUT2D eigenvalue weighted by Crippen LogP contribution is 2.54. The Morgan fingerprint density at radius 3 is 1.61 bits per heavy atom. The van der Waals surface area contributed by atoms with Crippen molar-refractivity contribution >= 4 is 11.8 Å². The Morgan fingerprint density at radius 1 is 0.609 bits per heavy atom. The zero-order valence-electron chi connectivity index (χ0n) is 51.9. The van der Waals surface area contributed by atoms with Gasteiger partial charge in [-0.25, -0.2) is 0 Å². The molecule has 1 saturated heterocycles. The minimum absolute atomic E-state index is 0.0522. The van der Waals surface area contributed by atoms with E-state index < -0.39 is 0 Å². The second-order valence-corrected chi connectivity index (χ2v) is 32.3. The van der Waals surface area contributed by atoms with Gasteiger partial charge in [0.1, 0.15) is 0 Å². The van der Waals surface area contributed by atoms with Crippen LogP contribution < -0.4 is 0 Å². The molecule has 0 bridgehead atoms. The number of likely N-dealkylation sites (tertiary alicyclic amines) is 1. The molecule has 1 aliphatic rings. The van der Waals surface area contributed by atoms with E-state index in [2.05, 4.69) is 210 Å². The third-order valence-electron chi connectivity index (χ3n) is 19.7. The molecule has 0 aliphatic carbocycles. The van der Waals surface area contributed by atoms with Gasteiger partial charge in [0.2, 0.25) is 0 Å². The van der Waals surface area contributed by atoms with E-state index in [9.17, 15) is 0 Å². The molecular formula is C67H123NS. The van der Waals surface area contributed by atoms with E-state index in [4.69, 9.17) is 26.3 Å². The Bertz CT molecular complexity index is 1750. The van der Waals surface area contributed by atoms with Crippen LogP contribution in [0.3, 0.4) is 0 Å². The predicted molar refractivity (Wildman–Crippen MR) is 319 cm³/mol. The van der Waals surface area contributed by atoms with Crippen molar-refractivity contribution in [2.24, 2.45) is 72.4 Å². The molecule has 5 atom stereocenters. The number of hydrogen-bond acceptors (Lipinski definition) is 2. The highest BCUT2D eigenvalue weighted by atomic mass is 32.2. The van der Waals surface area contributed by atoms with Gasteiger partial charge in [0.15, 0.2) is 0 Å². The fraction of sp³-hybridized carbons (Fsp3) is 0.821. The molecule has 0 aromatic carbocycles. The SMILES string of the molecule is C=C(CCC(C)(C)CC(C)(C)C(C)(C)C)C(CC)CC(C)(C)C(C)C(CC(C)(C)C(C)C(=C)CCC(C)(C)N1C(=C)CC(SCC(C)(C)C(C)(C)CC(=C)C(C)(C)C)C1=C)C(=C)CC(C)(C)CCC. The maximum atomic E-state index is 5.01. The molecule has 2 heteroatoms. The zero-order valence-corrected chi connectivity index (χ0v) is 52.7. The van der Waals surface area contributed by atoms with Gasteiger partial charge in [-0.15, -0.1) is 0 Å². The first-order valence-electron chi connectivity index (χ1n) is 28.1. The van der Waals surface area contributed by atoms with E-state index in [0.717, 1.165) is 57.1 Å². The summed E-state index contributed by atoms with van der Waals surface area (Å²) in [6, 6.07) is 0. The smallest absolute Gasteiger partial charge is 0.0498 e. The molecule has 402 valence electrons. The Kier molecular flexibility index (Phi) is 22.7. The van der Waals surface area contributed by atoms with Crippen LogP contribution in [0.5, 0.6) is 0 Å². The fourth-order valence-electron chi connectivity index (χ4n) is 11.8. The molecule has 1 aliphatic heterocycles. The van der Waals surface area contributed by atoms with Crippen molar-refractivity contribution in [2.75, 3.05) is 5.75 Å². The molecule has 0 spiro atoms. The molecule has 1 nitrogen and oxygen atoms in total. The molecule has 0 aromatic heterocycles. The summed E-state index contributed by atoms with van der Waals surface area (Å²) in [6.07, 6.45) is 14.5. The summed E-state index contributed by atoms with van der Waals surface area (Å²) in [6.45, 7) is 92.1. The van der Waals surface area contributed by atoms with Crippen LogP contribution in [0.15, 0.2) is 73.2 Å². The second kappa shape index (κ2) is 23.9. The van der Waals surface area contributed by atoms with E-state index >= 15 is 0 Å². The van der Waals surface area contributed by atoms with E-state index in [-0.39, 0.29) is 54.3 Å². The Balaban J connectivity index is 3.29. The van der Waals surface area contributed by atoms with Crippen LogP contribution >= 0.6 is 11.8 Å². The van der Waals surface area contributed by atoms with Crippen molar-refractivity contribution in [2.45, 2.75) is 274 Å². The van der Waals surface area contributed by atoms with Crippen molar-refractivity contribution in [1.82, 2.24) is 4.90 Å². The highest BCUT2D eigenvalue weighted by Gasteiger charge is 2.45. The highest BCUT2D eigenvalue weighted by molar-refractivity contribution is 8.00. The third-order valence-corrected chi connectivity index (χ3v) is 21.4. The lowest BCUT2D eigenvalue weighted by molar-refractivity contribution is 0.0629. The first-order chi connectivity index (χ1) is 30.6. The van der Waals surface area contributed by atoms with Gasteiger partial charge in [0, 0.05) is 28.6 Å². The lowest BCUT2D eigenvalue weighted by Crippen LogP contribution is -2.41. The summed E-state index contributed by atoms with van der Waals surface area (Å²) in [4.78, 5) is 2.50. The van der Waals surface area contributed by atoms with Crippen LogP contribution in [-0.2, 0) is 0 Å². The molecule has 0 aromatic rings. The molecule has 1 fully saturated rings. The minimum Gasteiger partial charge on any atom is -0.343 e. The minimum atomic E-state index is -0.103. The van der Waals surface area contributed by atoms with Crippen molar-refractivity contribution in [3.8, 4) is 0 Å². The fourth-order valence-corrected chi connectivity index (χ4v) is 13.4. The summed E-state index contributed by atoms with van der Waals surface area (Å²) in [5.41, 5.74) is 9.59. The van der Waals surface area contributed by atoms with Gasteiger partial charge in [-0.1, -0.05) is 234 Å². The number of rotatable bonds is 30. The van der Waals surface area contributed by atoms with Crippen LogP contribution in [0.4, 0.5) is 0 Å². The van der Waals surface area contributed by atoms with Crippen molar-refractivity contribution in [1.29, 1.82) is 0 Å². The topological polar surface area (TPSA) is 3.24 Å².